The van der Waals surface area contributed by atoms with Crippen LogP contribution in [-0.4, -0.2) is 30.9 Å². The molecule has 0 spiro atoms. The lowest BCUT2D eigenvalue weighted by atomic mass is 10.4. The Morgan fingerprint density at radius 3 is 2.80 bits per heavy atom. The Balaban J connectivity index is 2.54. The number of ether oxygens (including phenoxy) is 1. The van der Waals surface area contributed by atoms with Gasteiger partial charge in [-0.05, 0) is 6.04 Å². The number of carbonyl (C=O) groups excluding carboxylic acids is 1. The summed E-state index contributed by atoms with van der Waals surface area (Å²) in [4.78, 5) is 18.3. The predicted octanol–water partition coefficient (Wildman–Crippen LogP) is 2.01. The van der Waals surface area contributed by atoms with E-state index in [1.54, 1.807) is 0 Å². The Kier molecular flexibility index (Phi) is 3.96. The van der Waals surface area contributed by atoms with Crippen molar-refractivity contribution in [1.82, 2.24) is 9.97 Å². The highest BCUT2D eigenvalue weighted by Crippen LogP contribution is 2.13. The van der Waals surface area contributed by atoms with Crippen LogP contribution in [0.1, 0.15) is 10.4 Å². The van der Waals surface area contributed by atoms with E-state index >= 15 is 0 Å². The minimum Gasteiger partial charge on any atom is -0.477 e. The number of aldehydes is 1. The zero-order valence-corrected chi connectivity index (χ0v) is 10.4. The molecule has 0 aliphatic rings. The highest BCUT2D eigenvalue weighted by atomic mass is 28.3. The molecule has 0 amide bonds. The third-order valence-electron chi connectivity index (χ3n) is 1.92. The highest BCUT2D eigenvalue weighted by Gasteiger charge is 2.13. The van der Waals surface area contributed by atoms with Gasteiger partial charge in [-0.2, -0.15) is 0 Å². The summed E-state index contributed by atoms with van der Waals surface area (Å²) in [5.74, 6) is 0.387. The summed E-state index contributed by atoms with van der Waals surface area (Å²) in [6.45, 7) is 7.44. The van der Waals surface area contributed by atoms with Crippen LogP contribution in [-0.2, 0) is 0 Å². The van der Waals surface area contributed by atoms with Crippen LogP contribution in [0.25, 0.3) is 0 Å². The number of hydrogen-bond acceptors (Lipinski definition) is 4. The van der Waals surface area contributed by atoms with Gasteiger partial charge < -0.3 is 4.74 Å². The zero-order valence-electron chi connectivity index (χ0n) is 9.36. The minimum absolute atomic E-state index is 0.387. The predicted molar refractivity (Wildman–Crippen MR) is 61.1 cm³/mol. The molecule has 0 fully saturated rings. The lowest BCUT2D eigenvalue weighted by molar-refractivity contribution is 0.111. The van der Waals surface area contributed by atoms with E-state index in [4.69, 9.17) is 4.74 Å². The first kappa shape index (κ1) is 11.8. The molecule has 1 aromatic rings. The van der Waals surface area contributed by atoms with Crippen LogP contribution in [0.4, 0.5) is 0 Å². The topological polar surface area (TPSA) is 52.1 Å². The maximum atomic E-state index is 10.6. The monoisotopic (exact) mass is 224 g/mol. The van der Waals surface area contributed by atoms with E-state index in [1.807, 2.05) is 0 Å². The van der Waals surface area contributed by atoms with Crippen molar-refractivity contribution in [3.8, 4) is 5.88 Å². The largest absolute Gasteiger partial charge is 0.477 e. The van der Waals surface area contributed by atoms with Crippen LogP contribution in [0.15, 0.2) is 12.5 Å². The SMILES string of the molecule is C[Si](C)(C)CCOc1ncncc1C=O. The van der Waals surface area contributed by atoms with E-state index in [-0.39, 0.29) is 0 Å². The summed E-state index contributed by atoms with van der Waals surface area (Å²) < 4.78 is 5.46. The van der Waals surface area contributed by atoms with E-state index in [9.17, 15) is 4.79 Å². The van der Waals surface area contributed by atoms with Crippen molar-refractivity contribution in [1.29, 1.82) is 0 Å². The number of hydrogen-bond donors (Lipinski definition) is 0. The van der Waals surface area contributed by atoms with Crippen LogP contribution in [0.3, 0.4) is 0 Å². The third kappa shape index (κ3) is 4.20. The number of aromatic nitrogens is 2. The first-order valence-electron chi connectivity index (χ1n) is 4.91. The first-order chi connectivity index (χ1) is 7.03. The van der Waals surface area contributed by atoms with Gasteiger partial charge in [0.15, 0.2) is 6.29 Å². The van der Waals surface area contributed by atoms with Crippen molar-refractivity contribution < 1.29 is 9.53 Å². The molecule has 0 aliphatic heterocycles. The van der Waals surface area contributed by atoms with Gasteiger partial charge in [0.2, 0.25) is 5.88 Å². The average Bonchev–Trinajstić information content (AvgIpc) is 2.16. The lowest BCUT2D eigenvalue weighted by Crippen LogP contribution is -2.22. The Bertz CT molecular complexity index is 336. The van der Waals surface area contributed by atoms with E-state index < -0.39 is 8.07 Å². The zero-order chi connectivity index (χ0) is 11.3. The van der Waals surface area contributed by atoms with Gasteiger partial charge in [0.1, 0.15) is 6.33 Å². The van der Waals surface area contributed by atoms with Crippen LogP contribution < -0.4 is 4.74 Å². The Morgan fingerprint density at radius 2 is 2.20 bits per heavy atom. The van der Waals surface area contributed by atoms with Gasteiger partial charge in [0.25, 0.3) is 0 Å². The van der Waals surface area contributed by atoms with Crippen molar-refractivity contribution in [2.75, 3.05) is 6.61 Å². The molecule has 0 N–H and O–H groups in total. The van der Waals surface area contributed by atoms with Crippen molar-refractivity contribution >= 4 is 14.4 Å². The fraction of sp³-hybridized carbons (Fsp3) is 0.500. The molecule has 0 aliphatic carbocycles. The molecule has 5 heteroatoms. The van der Waals surface area contributed by atoms with Gasteiger partial charge in [0, 0.05) is 14.3 Å². The lowest BCUT2D eigenvalue weighted by Gasteiger charge is -2.15. The smallest absolute Gasteiger partial charge is 0.227 e. The van der Waals surface area contributed by atoms with Gasteiger partial charge in [-0.15, -0.1) is 0 Å². The number of carbonyl (C=O) groups is 1. The summed E-state index contributed by atoms with van der Waals surface area (Å²) in [5.41, 5.74) is 0.410. The third-order valence-corrected chi connectivity index (χ3v) is 3.62. The minimum atomic E-state index is -1.10. The second-order valence-electron chi connectivity index (χ2n) is 4.56. The van der Waals surface area contributed by atoms with Crippen molar-refractivity contribution in [3.05, 3.63) is 18.1 Å². The molecule has 1 rings (SSSR count). The summed E-state index contributed by atoms with van der Waals surface area (Å²) in [6.07, 6.45) is 3.56. The fourth-order valence-electron chi connectivity index (χ4n) is 0.984. The maximum Gasteiger partial charge on any atom is 0.227 e. The number of nitrogens with zero attached hydrogens (tertiary/aromatic N) is 2. The maximum absolute atomic E-state index is 10.6. The molecule has 15 heavy (non-hydrogen) atoms. The quantitative estimate of drug-likeness (QED) is 0.567. The first-order valence-corrected chi connectivity index (χ1v) is 8.61. The molecular formula is C10H16N2O2Si. The molecule has 1 aromatic heterocycles. The van der Waals surface area contributed by atoms with Crippen LogP contribution in [0.5, 0.6) is 5.88 Å². The van der Waals surface area contributed by atoms with Crippen molar-refractivity contribution in [2.24, 2.45) is 0 Å². The average molecular weight is 224 g/mol. The summed E-state index contributed by atoms with van der Waals surface area (Å²) >= 11 is 0. The van der Waals surface area contributed by atoms with E-state index in [0.717, 1.165) is 6.04 Å². The van der Waals surface area contributed by atoms with Crippen LogP contribution in [0, 0.1) is 0 Å². The van der Waals surface area contributed by atoms with Gasteiger partial charge >= 0.3 is 0 Å². The number of rotatable bonds is 5. The molecular weight excluding hydrogens is 208 g/mol. The highest BCUT2D eigenvalue weighted by molar-refractivity contribution is 6.76. The summed E-state index contributed by atoms with van der Waals surface area (Å²) in [5, 5.41) is 0. The Morgan fingerprint density at radius 1 is 1.47 bits per heavy atom. The second-order valence-corrected chi connectivity index (χ2v) is 10.2. The van der Waals surface area contributed by atoms with Crippen molar-refractivity contribution in [3.63, 3.8) is 0 Å². The molecule has 0 bridgehead atoms. The van der Waals surface area contributed by atoms with Crippen LogP contribution >= 0.6 is 0 Å². The molecule has 1 heterocycles. The summed E-state index contributed by atoms with van der Waals surface area (Å²) in [6, 6.07) is 1.05. The molecule has 82 valence electrons. The molecule has 4 nitrogen and oxygen atoms in total. The molecule has 0 unspecified atom stereocenters. The summed E-state index contributed by atoms with van der Waals surface area (Å²) in [7, 11) is -1.10. The van der Waals surface area contributed by atoms with Gasteiger partial charge in [0.05, 0.1) is 12.2 Å². The van der Waals surface area contributed by atoms with Gasteiger partial charge in [-0.25, -0.2) is 9.97 Å². The van der Waals surface area contributed by atoms with Crippen LogP contribution in [0.2, 0.25) is 25.7 Å². The molecule has 0 saturated heterocycles. The fourth-order valence-corrected chi connectivity index (χ4v) is 1.70. The molecule has 0 atom stereocenters. The van der Waals surface area contributed by atoms with E-state index in [0.29, 0.717) is 24.3 Å². The van der Waals surface area contributed by atoms with Gasteiger partial charge in [-0.3, -0.25) is 4.79 Å². The van der Waals surface area contributed by atoms with E-state index in [2.05, 4.69) is 29.6 Å². The standard InChI is InChI=1S/C10H16N2O2Si/c1-15(2,3)5-4-14-10-9(7-13)6-11-8-12-10/h6-8H,4-5H2,1-3H3. The molecule has 0 radical (unpaired) electrons. The molecule has 0 aromatic carbocycles. The van der Waals surface area contributed by atoms with Gasteiger partial charge in [-0.1, -0.05) is 19.6 Å². The van der Waals surface area contributed by atoms with Crippen molar-refractivity contribution in [2.45, 2.75) is 25.7 Å². The Hall–Kier alpha value is -1.23. The molecule has 0 saturated carbocycles. The second kappa shape index (κ2) is 5.02. The van der Waals surface area contributed by atoms with E-state index in [1.165, 1.54) is 12.5 Å². The normalized spacial score (nSPS) is 11.1. The Labute approximate surface area is 90.7 Å².